The number of rotatable bonds is 7. The highest BCUT2D eigenvalue weighted by molar-refractivity contribution is 6.08. The maximum atomic E-state index is 12.0. The van der Waals surface area contributed by atoms with E-state index in [-0.39, 0.29) is 0 Å². The Morgan fingerprint density at radius 2 is 1.87 bits per heavy atom. The highest BCUT2D eigenvalue weighted by Gasteiger charge is 2.18. The predicted molar refractivity (Wildman–Crippen MR) is 121 cm³/mol. The second kappa shape index (κ2) is 8.63. The van der Waals surface area contributed by atoms with Crippen molar-refractivity contribution in [2.45, 2.75) is 32.7 Å². The number of aromatic nitrogens is 3. The van der Waals surface area contributed by atoms with Crippen molar-refractivity contribution in [1.29, 1.82) is 0 Å². The number of carbonyl (C=O) groups excluding carboxylic acids is 1. The van der Waals surface area contributed by atoms with Crippen LogP contribution in [0.25, 0.3) is 21.9 Å². The molecule has 160 valence electrons. The molecule has 2 heterocycles. The standard InChI is InChI=1S/C24H26N4O3/c1-4-5-6-20-27-21-22(28(20)14-15-7-10-17(30-2)11-8-15)18-12-9-16(24(29)31-3)13-19(18)26-23(21)25/h7-13H,4-6,14H2,1-3H3,(H2,25,26). The third-order valence-corrected chi connectivity index (χ3v) is 5.46. The van der Waals surface area contributed by atoms with E-state index in [1.54, 1.807) is 19.2 Å². The fourth-order valence-electron chi connectivity index (χ4n) is 3.81. The van der Waals surface area contributed by atoms with Crippen molar-refractivity contribution in [1.82, 2.24) is 14.5 Å². The van der Waals surface area contributed by atoms with E-state index in [4.69, 9.17) is 20.2 Å². The molecule has 2 aromatic carbocycles. The van der Waals surface area contributed by atoms with Gasteiger partial charge < -0.3 is 19.8 Å². The number of nitrogens with zero attached hydrogens (tertiary/aromatic N) is 3. The van der Waals surface area contributed by atoms with Gasteiger partial charge in [-0.25, -0.2) is 14.8 Å². The zero-order valence-corrected chi connectivity index (χ0v) is 18.0. The Bertz CT molecular complexity index is 1250. The Kier molecular flexibility index (Phi) is 5.75. The number of nitrogen functional groups attached to an aromatic ring is 1. The van der Waals surface area contributed by atoms with Gasteiger partial charge in [0.25, 0.3) is 0 Å². The van der Waals surface area contributed by atoms with Crippen LogP contribution < -0.4 is 10.5 Å². The van der Waals surface area contributed by atoms with Gasteiger partial charge in [-0.1, -0.05) is 25.5 Å². The van der Waals surface area contributed by atoms with Gasteiger partial charge in [-0.3, -0.25) is 0 Å². The number of unbranched alkanes of at least 4 members (excludes halogenated alkanes) is 1. The van der Waals surface area contributed by atoms with E-state index >= 15 is 0 Å². The molecule has 0 spiro atoms. The molecule has 2 N–H and O–H groups in total. The van der Waals surface area contributed by atoms with Crippen molar-refractivity contribution in [2.24, 2.45) is 0 Å². The van der Waals surface area contributed by atoms with Crippen LogP contribution in [0.3, 0.4) is 0 Å². The predicted octanol–water partition coefficient (Wildman–Crippen LogP) is 4.35. The lowest BCUT2D eigenvalue weighted by Gasteiger charge is -2.12. The summed E-state index contributed by atoms with van der Waals surface area (Å²) in [6.45, 7) is 2.81. The summed E-state index contributed by atoms with van der Waals surface area (Å²) in [7, 11) is 3.02. The lowest BCUT2D eigenvalue weighted by Crippen LogP contribution is -2.06. The van der Waals surface area contributed by atoms with Crippen LogP contribution in [0.1, 0.15) is 41.5 Å². The quantitative estimate of drug-likeness (QED) is 0.449. The largest absolute Gasteiger partial charge is 0.497 e. The SMILES string of the molecule is CCCCc1nc2c(N)nc3cc(C(=O)OC)ccc3c2n1Cc1ccc(OC)cc1. The normalized spacial score (nSPS) is 11.2. The molecule has 0 fully saturated rings. The fraction of sp³-hybridized carbons (Fsp3) is 0.292. The van der Waals surface area contributed by atoms with Gasteiger partial charge in [-0.05, 0) is 42.3 Å². The molecule has 0 aliphatic rings. The summed E-state index contributed by atoms with van der Waals surface area (Å²) in [6.07, 6.45) is 2.95. The molecule has 0 amide bonds. The Hall–Kier alpha value is -3.61. The first-order valence-electron chi connectivity index (χ1n) is 10.3. The Labute approximate surface area is 180 Å². The van der Waals surface area contributed by atoms with Crippen molar-refractivity contribution in [2.75, 3.05) is 20.0 Å². The minimum atomic E-state index is -0.405. The van der Waals surface area contributed by atoms with Crippen molar-refractivity contribution in [3.63, 3.8) is 0 Å². The maximum absolute atomic E-state index is 12.0. The summed E-state index contributed by atoms with van der Waals surface area (Å²) in [5, 5.41) is 0.903. The minimum absolute atomic E-state index is 0.357. The average Bonchev–Trinajstić information content (AvgIpc) is 3.16. The van der Waals surface area contributed by atoms with Crippen molar-refractivity contribution >= 4 is 33.7 Å². The number of methoxy groups -OCH3 is 2. The summed E-state index contributed by atoms with van der Waals surface area (Å²) in [5.74, 6) is 1.75. The molecule has 4 aromatic rings. The van der Waals surface area contributed by atoms with Gasteiger partial charge in [0.05, 0.1) is 30.8 Å². The van der Waals surface area contributed by atoms with E-state index < -0.39 is 5.97 Å². The van der Waals surface area contributed by atoms with Crippen LogP contribution in [0.2, 0.25) is 0 Å². The maximum Gasteiger partial charge on any atom is 0.337 e. The molecule has 0 saturated carbocycles. The number of esters is 1. The van der Waals surface area contributed by atoms with Crippen LogP contribution >= 0.6 is 0 Å². The first-order chi connectivity index (χ1) is 15.0. The average molecular weight is 418 g/mol. The summed E-state index contributed by atoms with van der Waals surface area (Å²) < 4.78 is 12.3. The number of imidazole rings is 1. The highest BCUT2D eigenvalue weighted by Crippen LogP contribution is 2.31. The molecule has 0 saturated heterocycles. The molecule has 7 nitrogen and oxygen atoms in total. The van der Waals surface area contributed by atoms with Crippen molar-refractivity contribution in [3.8, 4) is 5.75 Å². The third kappa shape index (κ3) is 3.91. The molecule has 7 heteroatoms. The minimum Gasteiger partial charge on any atom is -0.497 e. The summed E-state index contributed by atoms with van der Waals surface area (Å²) in [4.78, 5) is 21.4. The van der Waals surface area contributed by atoms with E-state index in [0.717, 1.165) is 47.3 Å². The number of hydrogen-bond donors (Lipinski definition) is 1. The number of carbonyl (C=O) groups is 1. The molecule has 4 rings (SSSR count). The first kappa shape index (κ1) is 20.7. The molecule has 0 unspecified atom stereocenters. The second-order valence-corrected chi connectivity index (χ2v) is 7.48. The number of benzene rings is 2. The number of anilines is 1. The molecular weight excluding hydrogens is 392 g/mol. The van der Waals surface area contributed by atoms with Gasteiger partial charge in [-0.2, -0.15) is 0 Å². The molecule has 31 heavy (non-hydrogen) atoms. The second-order valence-electron chi connectivity index (χ2n) is 7.48. The van der Waals surface area contributed by atoms with Crippen LogP contribution in [0.15, 0.2) is 42.5 Å². The van der Waals surface area contributed by atoms with Crippen molar-refractivity contribution in [3.05, 3.63) is 59.4 Å². The van der Waals surface area contributed by atoms with Crippen LogP contribution in [0.5, 0.6) is 5.75 Å². The van der Waals surface area contributed by atoms with E-state index in [1.165, 1.54) is 7.11 Å². The van der Waals surface area contributed by atoms with Gasteiger partial charge in [0.2, 0.25) is 0 Å². The van der Waals surface area contributed by atoms with Crippen LogP contribution in [0.4, 0.5) is 5.82 Å². The number of nitrogens with two attached hydrogens (primary N) is 1. The molecular formula is C24H26N4O3. The number of hydrogen-bond acceptors (Lipinski definition) is 6. The van der Waals surface area contributed by atoms with Gasteiger partial charge in [-0.15, -0.1) is 0 Å². The molecule has 0 radical (unpaired) electrons. The van der Waals surface area contributed by atoms with Crippen molar-refractivity contribution < 1.29 is 14.3 Å². The molecule has 2 aromatic heterocycles. The summed E-state index contributed by atoms with van der Waals surface area (Å²) in [6, 6.07) is 13.4. The number of fused-ring (bicyclic) bond motifs is 3. The van der Waals surface area contributed by atoms with E-state index in [0.29, 0.717) is 29.0 Å². The summed E-state index contributed by atoms with van der Waals surface area (Å²) in [5.41, 5.74) is 10.1. The smallest absolute Gasteiger partial charge is 0.337 e. The number of ether oxygens (including phenoxy) is 2. The van der Waals surface area contributed by atoms with Gasteiger partial charge in [0, 0.05) is 18.4 Å². The summed E-state index contributed by atoms with van der Waals surface area (Å²) >= 11 is 0. The Morgan fingerprint density at radius 3 is 2.55 bits per heavy atom. The van der Waals surface area contributed by atoms with Crippen LogP contribution in [0, 0.1) is 0 Å². The zero-order chi connectivity index (χ0) is 22.0. The lowest BCUT2D eigenvalue weighted by molar-refractivity contribution is 0.0601. The Morgan fingerprint density at radius 1 is 1.10 bits per heavy atom. The monoisotopic (exact) mass is 418 g/mol. The molecule has 0 aliphatic carbocycles. The third-order valence-electron chi connectivity index (χ3n) is 5.46. The number of aryl methyl sites for hydroxylation is 1. The van der Waals surface area contributed by atoms with Gasteiger partial charge >= 0.3 is 5.97 Å². The topological polar surface area (TPSA) is 92.3 Å². The van der Waals surface area contributed by atoms with Gasteiger partial charge in [0.15, 0.2) is 5.82 Å². The highest BCUT2D eigenvalue weighted by atomic mass is 16.5. The van der Waals surface area contributed by atoms with Crippen LogP contribution in [-0.2, 0) is 17.7 Å². The molecule has 0 bridgehead atoms. The molecule has 0 atom stereocenters. The first-order valence-corrected chi connectivity index (χ1v) is 10.3. The Balaban J connectivity index is 1.91. The zero-order valence-electron chi connectivity index (χ0n) is 18.0. The van der Waals surface area contributed by atoms with E-state index in [2.05, 4.69) is 28.6 Å². The van der Waals surface area contributed by atoms with Crippen LogP contribution in [-0.4, -0.2) is 34.7 Å². The fourth-order valence-corrected chi connectivity index (χ4v) is 3.81. The van der Waals surface area contributed by atoms with Gasteiger partial charge in [0.1, 0.15) is 17.1 Å². The number of pyridine rings is 1. The van der Waals surface area contributed by atoms with E-state index in [9.17, 15) is 4.79 Å². The lowest BCUT2D eigenvalue weighted by atomic mass is 10.1. The van der Waals surface area contributed by atoms with E-state index in [1.807, 2.05) is 18.2 Å². The molecule has 0 aliphatic heterocycles.